The molecule has 0 bridgehead atoms. The highest BCUT2D eigenvalue weighted by atomic mass is 31.3. The molecular formula is C22H33N10O18P3. The second-order valence-corrected chi connectivity index (χ2v) is 16.7. The van der Waals surface area contributed by atoms with Crippen molar-refractivity contribution in [1.29, 1.82) is 0 Å². The summed E-state index contributed by atoms with van der Waals surface area (Å²) in [5.74, 6) is -0.427. The van der Waals surface area contributed by atoms with Gasteiger partial charge in [-0.05, 0) is 0 Å². The van der Waals surface area contributed by atoms with Gasteiger partial charge >= 0.3 is 23.2 Å². The van der Waals surface area contributed by atoms with Gasteiger partial charge in [-0.3, -0.25) is 28.2 Å². The van der Waals surface area contributed by atoms with Gasteiger partial charge in [-0.15, -0.1) is 0 Å². The van der Waals surface area contributed by atoms with Gasteiger partial charge in [0.1, 0.15) is 42.0 Å². The number of rotatable bonds is 12. The molecule has 0 spiro atoms. The van der Waals surface area contributed by atoms with Crippen LogP contribution in [0.25, 0.3) is 11.2 Å². The van der Waals surface area contributed by atoms with Crippen molar-refractivity contribution in [3.63, 3.8) is 0 Å². The smallest absolute Gasteiger partial charge is 0.387 e. The lowest BCUT2D eigenvalue weighted by molar-refractivity contribution is -0.132. The number of fused-ring (bicyclic) bond motifs is 1. The molecule has 6 heterocycles. The van der Waals surface area contributed by atoms with Crippen LogP contribution in [0.15, 0.2) is 27.6 Å². The summed E-state index contributed by atoms with van der Waals surface area (Å²) in [6.07, 6.45) is -14.3. The number of carbonyl (C=O) groups excluding carboxylic acids is 1. The quantitative estimate of drug-likeness (QED) is 0.0893. The van der Waals surface area contributed by atoms with E-state index in [9.17, 15) is 58.4 Å². The van der Waals surface area contributed by atoms with Gasteiger partial charge in [-0.2, -0.15) is 9.29 Å². The molecule has 53 heavy (non-hydrogen) atoms. The van der Waals surface area contributed by atoms with Gasteiger partial charge in [0, 0.05) is 14.2 Å². The maximum Gasteiger partial charge on any atom is 0.488 e. The zero-order chi connectivity index (χ0) is 38.9. The fraction of sp³-hybridized carbons (Fsp3) is 0.591. The number of phosphoric ester groups is 1. The molecule has 4 aliphatic heterocycles. The minimum atomic E-state index is -6.17. The summed E-state index contributed by atoms with van der Waals surface area (Å²) >= 11 is 0. The fourth-order valence-electron chi connectivity index (χ4n) is 5.99. The van der Waals surface area contributed by atoms with E-state index in [2.05, 4.69) is 38.4 Å². The van der Waals surface area contributed by atoms with E-state index >= 15 is 0 Å². The Hall–Kier alpha value is -3.40. The Labute approximate surface area is 294 Å². The van der Waals surface area contributed by atoms with Gasteiger partial charge in [-0.25, -0.2) is 23.4 Å². The van der Waals surface area contributed by atoms with Crippen molar-refractivity contribution in [3.05, 3.63) is 28.2 Å². The van der Waals surface area contributed by atoms with Crippen molar-refractivity contribution >= 4 is 51.8 Å². The molecular weight excluding hydrogens is 785 g/mol. The number of guanidine groups is 1. The van der Waals surface area contributed by atoms with Crippen LogP contribution in [-0.4, -0.2) is 152 Å². The molecule has 0 radical (unpaired) electrons. The van der Waals surface area contributed by atoms with E-state index in [0.29, 0.717) is 0 Å². The molecule has 6 rings (SSSR count). The molecule has 13 N–H and O–H groups in total. The number of anilines is 1. The highest BCUT2D eigenvalue weighted by Gasteiger charge is 2.58. The Balaban J connectivity index is 1.09. The zero-order valence-corrected chi connectivity index (χ0v) is 29.7. The number of carbonyl (C=O) groups is 1. The van der Waals surface area contributed by atoms with Crippen LogP contribution in [-0.2, 0) is 45.8 Å². The van der Waals surface area contributed by atoms with Crippen molar-refractivity contribution in [3.8, 4) is 0 Å². The number of aliphatic hydroxyl groups excluding tert-OH is 4. The lowest BCUT2D eigenvalue weighted by Gasteiger charge is -2.31. The lowest BCUT2D eigenvalue weighted by atomic mass is 10.1. The highest BCUT2D eigenvalue weighted by Crippen LogP contribution is 2.68. The average Bonchev–Trinajstić information content (AvgIpc) is 3.77. The van der Waals surface area contributed by atoms with Gasteiger partial charge in [0.2, 0.25) is 5.95 Å². The minimum absolute atomic E-state index is 0.0914. The number of nitrogens with one attached hydrogen (secondary N) is 2. The molecule has 2 aromatic heterocycles. The number of H-pyrrole nitrogens is 1. The summed E-state index contributed by atoms with van der Waals surface area (Å²) in [4.78, 5) is 72.5. The van der Waals surface area contributed by atoms with Gasteiger partial charge in [-0.1, -0.05) is 0 Å². The Morgan fingerprint density at radius 3 is 2.42 bits per heavy atom. The van der Waals surface area contributed by atoms with Gasteiger partial charge in [0.25, 0.3) is 11.1 Å². The van der Waals surface area contributed by atoms with Crippen molar-refractivity contribution in [1.82, 2.24) is 34.6 Å². The molecule has 294 valence electrons. The molecule has 0 aromatic carbocycles. The second-order valence-electron chi connectivity index (χ2n) is 11.8. The monoisotopic (exact) mass is 818 g/mol. The summed E-state index contributed by atoms with van der Waals surface area (Å²) in [7, 11) is -15.4. The Morgan fingerprint density at radius 1 is 1.04 bits per heavy atom. The normalized spacial score (nSPS) is 33.7. The number of hydrogen-bond acceptors (Lipinski definition) is 23. The molecule has 28 nitrogen and oxygen atoms in total. The summed E-state index contributed by atoms with van der Waals surface area (Å²) < 4.78 is 68.2. The fourth-order valence-corrected chi connectivity index (χ4v) is 9.91. The number of nitrogen functional groups attached to an aromatic ring is 1. The van der Waals surface area contributed by atoms with Crippen LogP contribution in [0.3, 0.4) is 0 Å². The number of nitrogens with zero attached hydrogens (tertiary/aromatic N) is 6. The molecule has 2 aromatic rings. The third-order valence-corrected chi connectivity index (χ3v) is 12.9. The standard InChI is InChI=1S/C22H33N10O18P3/c1-30-5-32(15-8(30)17(37)29-22(24)27-15)19-11(35)12(45-2)13(48-19)20(38)51(39,40)49-53(43,44)50-52(41,42)46-3-6-9(33)10(34)18(47-6)31-4-25-7-14(31)26-21(23)28-16(7)36/h4,6,9-13,17-19,33-35,37H,3,5H2,1-2H3,(H,39,40)(H,41,42)(H,43,44)(H3,24,27,29)(H3,23,26,28,36)/t6-,9?,10+,11-,12?,13-,17?,18-,19+/m1/s1. The molecule has 12 atom stereocenters. The maximum absolute atomic E-state index is 13.2. The van der Waals surface area contributed by atoms with E-state index in [0.717, 1.165) is 18.0 Å². The van der Waals surface area contributed by atoms with Gasteiger partial charge in [0.05, 0.1) is 19.6 Å². The predicted molar refractivity (Wildman–Crippen MR) is 169 cm³/mol. The van der Waals surface area contributed by atoms with Crippen LogP contribution >= 0.6 is 23.2 Å². The van der Waals surface area contributed by atoms with E-state index in [1.54, 1.807) is 0 Å². The van der Waals surface area contributed by atoms with Crippen LogP contribution in [0.2, 0.25) is 0 Å². The van der Waals surface area contributed by atoms with Gasteiger partial charge < -0.3 is 75.9 Å². The minimum Gasteiger partial charge on any atom is -0.387 e. The Morgan fingerprint density at radius 2 is 1.74 bits per heavy atom. The predicted octanol–water partition coefficient (Wildman–Crippen LogP) is -5.01. The number of aliphatic hydroxyl groups is 4. The number of aliphatic imine (C=N–C) groups is 1. The van der Waals surface area contributed by atoms with Crippen LogP contribution < -0.4 is 22.3 Å². The van der Waals surface area contributed by atoms with Crippen molar-refractivity contribution in [2.45, 2.75) is 55.3 Å². The topological polar surface area (TPSA) is 412 Å². The number of aromatic amines is 1. The van der Waals surface area contributed by atoms with Crippen LogP contribution in [0.5, 0.6) is 0 Å². The molecule has 31 heteroatoms. The second kappa shape index (κ2) is 14.0. The van der Waals surface area contributed by atoms with Crippen LogP contribution in [0.4, 0.5) is 5.95 Å². The zero-order valence-electron chi connectivity index (χ0n) is 27.0. The Bertz CT molecular complexity index is 2060. The molecule has 0 aliphatic carbocycles. The van der Waals surface area contributed by atoms with E-state index in [4.69, 9.17) is 25.7 Å². The lowest BCUT2D eigenvalue weighted by Crippen LogP contribution is -2.49. The summed E-state index contributed by atoms with van der Waals surface area (Å²) in [6.45, 7) is -1.22. The summed E-state index contributed by atoms with van der Waals surface area (Å²) in [6, 6.07) is 0. The number of nitrogens with two attached hydrogens (primary N) is 2. The van der Waals surface area contributed by atoms with Crippen molar-refractivity contribution in [2.75, 3.05) is 33.2 Å². The Kier molecular flexibility index (Phi) is 10.4. The largest absolute Gasteiger partial charge is 0.488 e. The summed E-state index contributed by atoms with van der Waals surface area (Å²) in [5.41, 5.74) is 8.40. The van der Waals surface area contributed by atoms with Crippen molar-refractivity contribution < 1.29 is 81.0 Å². The first-order chi connectivity index (χ1) is 24.6. The van der Waals surface area contributed by atoms with Crippen LogP contribution in [0.1, 0.15) is 6.23 Å². The molecule has 6 unspecified atom stereocenters. The third-order valence-electron chi connectivity index (χ3n) is 8.26. The molecule has 2 fully saturated rings. The first-order valence-corrected chi connectivity index (χ1v) is 19.4. The number of hydrogen-bond donors (Lipinski definition) is 11. The first kappa shape index (κ1) is 39.3. The van der Waals surface area contributed by atoms with Gasteiger partial charge in [0.15, 0.2) is 41.9 Å². The SMILES string of the molecule is COC1[C@@H](O)[C@@H](N2CN(C)C3=C2NC(N)=NC3O)O[C@H]1C(=O)P(=O)(O)OP(=O)(O)OP(=O)(O)OC[C@H]1O[C@@H](n2cnc3c(=O)[nH]c(N)nc32)[C@@H](O)C1O. The number of imidazole rings is 1. The molecule has 0 amide bonds. The van der Waals surface area contributed by atoms with Crippen LogP contribution in [0, 0.1) is 0 Å². The van der Waals surface area contributed by atoms with E-state index in [-0.39, 0.29) is 41.3 Å². The number of likely N-dealkylation sites (N-methyl/N-ethyl adjacent to an activating group) is 1. The highest BCUT2D eigenvalue weighted by molar-refractivity contribution is 7.77. The first-order valence-electron chi connectivity index (χ1n) is 14.8. The number of ether oxygens (including phenoxy) is 3. The molecule has 4 aliphatic rings. The molecule has 2 saturated heterocycles. The number of aromatic nitrogens is 4. The van der Waals surface area contributed by atoms with E-state index in [1.807, 2.05) is 0 Å². The average molecular weight is 818 g/mol. The number of methoxy groups -OCH3 is 1. The van der Waals surface area contributed by atoms with E-state index < -0.39 is 96.2 Å². The third kappa shape index (κ3) is 7.38. The summed E-state index contributed by atoms with van der Waals surface area (Å²) in [5, 5.41) is 45.0. The maximum atomic E-state index is 13.2. The van der Waals surface area contributed by atoms with Crippen molar-refractivity contribution in [2.24, 2.45) is 10.7 Å². The molecule has 0 saturated carbocycles. The van der Waals surface area contributed by atoms with E-state index in [1.165, 1.54) is 16.8 Å². The number of phosphoric acid groups is 2.